The first-order valence-electron chi connectivity index (χ1n) is 7.90. The molecule has 0 bridgehead atoms. The second kappa shape index (κ2) is 6.14. The average molecular weight is 289 g/mol. The third-order valence-electron chi connectivity index (χ3n) is 4.90. The third-order valence-corrected chi connectivity index (χ3v) is 4.90. The Labute approximate surface area is 125 Å². The molecule has 1 saturated heterocycles. The molecule has 1 spiro atoms. The van der Waals surface area contributed by atoms with Gasteiger partial charge in [-0.3, -0.25) is 9.78 Å². The van der Waals surface area contributed by atoms with Crippen molar-refractivity contribution in [2.45, 2.75) is 50.5 Å². The van der Waals surface area contributed by atoms with Crippen molar-refractivity contribution < 1.29 is 14.3 Å². The number of hydrogen-bond donors (Lipinski definition) is 0. The lowest BCUT2D eigenvalue weighted by Crippen LogP contribution is -2.43. The van der Waals surface area contributed by atoms with Crippen LogP contribution in [-0.4, -0.2) is 30.1 Å². The van der Waals surface area contributed by atoms with Crippen LogP contribution in [0.25, 0.3) is 0 Å². The highest BCUT2D eigenvalue weighted by atomic mass is 16.5. The minimum atomic E-state index is -0.0446. The molecule has 1 aliphatic heterocycles. The molecule has 1 aromatic heterocycles. The summed E-state index contributed by atoms with van der Waals surface area (Å²) in [7, 11) is 1.58. The minimum absolute atomic E-state index is 0.0446. The topological polar surface area (TPSA) is 48.4 Å². The summed E-state index contributed by atoms with van der Waals surface area (Å²) in [6, 6.07) is 1.77. The highest BCUT2D eigenvalue weighted by Crippen LogP contribution is 2.41. The number of carbonyl (C=O) groups is 1. The van der Waals surface area contributed by atoms with Crippen LogP contribution in [0.4, 0.5) is 0 Å². The Balaban J connectivity index is 1.78. The van der Waals surface area contributed by atoms with E-state index >= 15 is 0 Å². The summed E-state index contributed by atoms with van der Waals surface area (Å²) in [6.07, 6.45) is 10.9. The lowest BCUT2D eigenvalue weighted by atomic mass is 9.74. The second-order valence-electron chi connectivity index (χ2n) is 6.22. The zero-order valence-corrected chi connectivity index (χ0v) is 12.6. The zero-order chi connectivity index (χ0) is 14.7. The molecule has 4 heteroatoms. The van der Waals surface area contributed by atoms with Gasteiger partial charge in [-0.15, -0.1) is 0 Å². The Hall–Kier alpha value is -1.42. The first-order valence-corrected chi connectivity index (χ1v) is 7.90. The minimum Gasteiger partial charge on any atom is -0.494 e. The van der Waals surface area contributed by atoms with E-state index < -0.39 is 0 Å². The summed E-state index contributed by atoms with van der Waals surface area (Å²) in [4.78, 5) is 16.9. The highest BCUT2D eigenvalue weighted by molar-refractivity contribution is 6.00. The molecule has 0 aromatic carbocycles. The lowest BCUT2D eigenvalue weighted by Gasteiger charge is -2.43. The predicted molar refractivity (Wildman–Crippen MR) is 79.6 cm³/mol. The number of pyridine rings is 1. The summed E-state index contributed by atoms with van der Waals surface area (Å²) in [5.74, 6) is 0.808. The van der Waals surface area contributed by atoms with Crippen LogP contribution < -0.4 is 4.74 Å². The molecule has 0 amide bonds. The largest absolute Gasteiger partial charge is 0.494 e. The monoisotopic (exact) mass is 289 g/mol. The Kier molecular flexibility index (Phi) is 4.24. The maximum Gasteiger partial charge on any atom is 0.169 e. The normalized spacial score (nSPS) is 24.7. The van der Waals surface area contributed by atoms with Gasteiger partial charge in [0.2, 0.25) is 0 Å². The van der Waals surface area contributed by atoms with Crippen LogP contribution in [0, 0.1) is 5.92 Å². The van der Waals surface area contributed by atoms with E-state index in [2.05, 4.69) is 4.98 Å². The highest BCUT2D eigenvalue weighted by Gasteiger charge is 2.41. The van der Waals surface area contributed by atoms with Crippen molar-refractivity contribution in [3.63, 3.8) is 0 Å². The van der Waals surface area contributed by atoms with Crippen LogP contribution in [-0.2, 0) is 4.74 Å². The first-order chi connectivity index (χ1) is 10.2. The van der Waals surface area contributed by atoms with E-state index in [1.54, 1.807) is 25.6 Å². The molecule has 1 unspecified atom stereocenters. The molecular formula is C17H23NO3. The van der Waals surface area contributed by atoms with E-state index in [1.807, 2.05) is 0 Å². The van der Waals surface area contributed by atoms with Crippen molar-refractivity contribution in [1.29, 1.82) is 0 Å². The van der Waals surface area contributed by atoms with Gasteiger partial charge in [-0.05, 0) is 31.7 Å². The van der Waals surface area contributed by atoms with Gasteiger partial charge < -0.3 is 9.47 Å². The number of methoxy groups -OCH3 is 1. The van der Waals surface area contributed by atoms with Crippen molar-refractivity contribution in [2.24, 2.45) is 5.92 Å². The van der Waals surface area contributed by atoms with Gasteiger partial charge in [0, 0.05) is 18.7 Å². The van der Waals surface area contributed by atoms with E-state index in [0.717, 1.165) is 25.7 Å². The third kappa shape index (κ3) is 2.95. The fraction of sp³-hybridized carbons (Fsp3) is 0.647. The molecule has 1 atom stereocenters. The van der Waals surface area contributed by atoms with Gasteiger partial charge in [-0.1, -0.05) is 19.3 Å². The van der Waals surface area contributed by atoms with E-state index in [4.69, 9.17) is 9.47 Å². The average Bonchev–Trinajstić information content (AvgIpc) is 2.55. The zero-order valence-electron chi connectivity index (χ0n) is 12.6. The van der Waals surface area contributed by atoms with Crippen molar-refractivity contribution in [3.8, 4) is 5.75 Å². The van der Waals surface area contributed by atoms with E-state index in [-0.39, 0.29) is 17.3 Å². The lowest BCUT2D eigenvalue weighted by molar-refractivity contribution is -0.111. The van der Waals surface area contributed by atoms with Gasteiger partial charge in [0.05, 0.1) is 24.5 Å². The Morgan fingerprint density at radius 2 is 2.19 bits per heavy atom. The number of nitrogens with zero attached hydrogens (tertiary/aromatic N) is 1. The Morgan fingerprint density at radius 3 is 2.95 bits per heavy atom. The second-order valence-corrected chi connectivity index (χ2v) is 6.22. The maximum absolute atomic E-state index is 12.8. The Morgan fingerprint density at radius 1 is 1.38 bits per heavy atom. The Bertz CT molecular complexity index is 503. The van der Waals surface area contributed by atoms with E-state index in [0.29, 0.717) is 17.9 Å². The number of ketones is 1. The molecule has 4 nitrogen and oxygen atoms in total. The van der Waals surface area contributed by atoms with Crippen molar-refractivity contribution in [2.75, 3.05) is 13.7 Å². The van der Waals surface area contributed by atoms with Gasteiger partial charge in [0.15, 0.2) is 5.78 Å². The molecule has 1 saturated carbocycles. The molecule has 21 heavy (non-hydrogen) atoms. The molecule has 2 heterocycles. The quantitative estimate of drug-likeness (QED) is 0.800. The van der Waals surface area contributed by atoms with Gasteiger partial charge in [0.1, 0.15) is 5.75 Å². The van der Waals surface area contributed by atoms with Crippen LogP contribution in [0.1, 0.15) is 55.3 Å². The van der Waals surface area contributed by atoms with Crippen molar-refractivity contribution in [3.05, 3.63) is 24.0 Å². The summed E-state index contributed by atoms with van der Waals surface area (Å²) < 4.78 is 11.4. The molecule has 2 aliphatic rings. The van der Waals surface area contributed by atoms with E-state index in [9.17, 15) is 4.79 Å². The molecule has 2 fully saturated rings. The molecule has 1 aliphatic carbocycles. The number of rotatable bonds is 3. The van der Waals surface area contributed by atoms with Gasteiger partial charge in [0.25, 0.3) is 0 Å². The number of hydrogen-bond acceptors (Lipinski definition) is 4. The predicted octanol–water partition coefficient (Wildman–Crippen LogP) is 3.40. The van der Waals surface area contributed by atoms with Crippen molar-refractivity contribution >= 4 is 5.78 Å². The molecule has 0 radical (unpaired) electrons. The summed E-state index contributed by atoms with van der Waals surface area (Å²) in [5.41, 5.74) is 0.613. The smallest absolute Gasteiger partial charge is 0.169 e. The molecule has 114 valence electrons. The van der Waals surface area contributed by atoms with Crippen LogP contribution in [0.3, 0.4) is 0 Å². The fourth-order valence-corrected chi connectivity index (χ4v) is 3.76. The van der Waals surface area contributed by atoms with Crippen LogP contribution >= 0.6 is 0 Å². The summed E-state index contributed by atoms with van der Waals surface area (Å²) in [6.45, 7) is 0.698. The fourth-order valence-electron chi connectivity index (χ4n) is 3.76. The standard InChI is InChI=1S/C17H23NO3/c1-20-15-12-18-9-5-14(15)16(19)13-6-10-21-17(11-13)7-3-2-4-8-17/h5,9,12-13H,2-4,6-8,10-11H2,1H3. The van der Waals surface area contributed by atoms with Crippen molar-refractivity contribution in [1.82, 2.24) is 4.98 Å². The van der Waals surface area contributed by atoms with Crippen LogP contribution in [0.2, 0.25) is 0 Å². The number of Topliss-reactive ketones (excluding diaryl/α,β-unsaturated/α-hetero) is 1. The van der Waals surface area contributed by atoms with Gasteiger partial charge >= 0.3 is 0 Å². The molecule has 3 rings (SSSR count). The van der Waals surface area contributed by atoms with Gasteiger partial charge in [-0.2, -0.15) is 0 Å². The van der Waals surface area contributed by atoms with Gasteiger partial charge in [-0.25, -0.2) is 0 Å². The molecule has 0 N–H and O–H groups in total. The van der Waals surface area contributed by atoms with Crippen LogP contribution in [0.5, 0.6) is 5.75 Å². The summed E-state index contributed by atoms with van der Waals surface area (Å²) in [5, 5.41) is 0. The SMILES string of the molecule is COc1cnccc1C(=O)C1CCOC2(CCCCC2)C1. The maximum atomic E-state index is 12.8. The molecular weight excluding hydrogens is 266 g/mol. The number of carbonyl (C=O) groups excluding carboxylic acids is 1. The van der Waals surface area contributed by atoms with Crippen LogP contribution in [0.15, 0.2) is 18.5 Å². The first kappa shape index (κ1) is 14.5. The summed E-state index contributed by atoms with van der Waals surface area (Å²) >= 11 is 0. The van der Waals surface area contributed by atoms with E-state index in [1.165, 1.54) is 19.3 Å². The number of ether oxygens (including phenoxy) is 2. The molecule has 1 aromatic rings. The number of aromatic nitrogens is 1.